The Hall–Kier alpha value is -1.85. The molecule has 1 aliphatic heterocycles. The summed E-state index contributed by atoms with van der Waals surface area (Å²) in [6.07, 6.45) is 2.59. The molecule has 0 aliphatic carbocycles. The summed E-state index contributed by atoms with van der Waals surface area (Å²) in [4.78, 5) is 14.8. The minimum atomic E-state index is -3.40. The standard InChI is InChI=1S/C21H24ClNO3S/c1-16-14-17(9-11-20(16)22)10-12-21(24)23-13-5-6-18(23)15-27(25,26)19-7-3-2-4-8-19/h2-4,7-9,11,14,18H,5-6,10,12-13,15H2,1H3. The van der Waals surface area contributed by atoms with Gasteiger partial charge in [-0.3, -0.25) is 4.79 Å². The van der Waals surface area contributed by atoms with E-state index in [1.54, 1.807) is 35.2 Å². The molecule has 1 saturated heterocycles. The van der Waals surface area contributed by atoms with Crippen LogP contribution in [0.4, 0.5) is 0 Å². The smallest absolute Gasteiger partial charge is 0.223 e. The van der Waals surface area contributed by atoms with Crippen molar-refractivity contribution in [3.63, 3.8) is 0 Å². The topological polar surface area (TPSA) is 54.5 Å². The fourth-order valence-corrected chi connectivity index (χ4v) is 5.31. The Morgan fingerprint density at radius 2 is 1.93 bits per heavy atom. The number of aryl methyl sites for hydroxylation is 2. The number of rotatable bonds is 6. The number of sulfone groups is 1. The number of hydrogen-bond donors (Lipinski definition) is 0. The van der Waals surface area contributed by atoms with Crippen LogP contribution in [-0.4, -0.2) is 37.6 Å². The summed E-state index contributed by atoms with van der Waals surface area (Å²) in [5.74, 6) is 0.0105. The highest BCUT2D eigenvalue weighted by molar-refractivity contribution is 7.91. The average Bonchev–Trinajstić information content (AvgIpc) is 3.10. The molecule has 2 aromatic rings. The van der Waals surface area contributed by atoms with Crippen LogP contribution in [0.5, 0.6) is 0 Å². The second kappa shape index (κ2) is 8.44. The summed E-state index contributed by atoms with van der Waals surface area (Å²) in [5, 5.41) is 0.718. The average molecular weight is 406 g/mol. The van der Waals surface area contributed by atoms with Crippen molar-refractivity contribution in [2.24, 2.45) is 0 Å². The van der Waals surface area contributed by atoms with Gasteiger partial charge in [-0.1, -0.05) is 41.9 Å². The Bertz CT molecular complexity index is 912. The van der Waals surface area contributed by atoms with Gasteiger partial charge in [0.15, 0.2) is 9.84 Å². The second-order valence-corrected chi connectivity index (χ2v) is 9.50. The molecular weight excluding hydrogens is 382 g/mol. The molecule has 3 rings (SSSR count). The Kier molecular flexibility index (Phi) is 6.22. The zero-order chi connectivity index (χ0) is 19.4. The molecule has 1 fully saturated rings. The van der Waals surface area contributed by atoms with Crippen molar-refractivity contribution >= 4 is 27.3 Å². The van der Waals surface area contributed by atoms with Crippen LogP contribution in [0.25, 0.3) is 0 Å². The maximum atomic E-state index is 12.7. The van der Waals surface area contributed by atoms with Crippen LogP contribution < -0.4 is 0 Å². The third-order valence-electron chi connectivity index (χ3n) is 5.06. The van der Waals surface area contributed by atoms with E-state index in [9.17, 15) is 13.2 Å². The molecule has 0 radical (unpaired) electrons. The largest absolute Gasteiger partial charge is 0.339 e. The van der Waals surface area contributed by atoms with E-state index in [0.29, 0.717) is 24.3 Å². The Balaban J connectivity index is 1.63. The van der Waals surface area contributed by atoms with E-state index in [4.69, 9.17) is 11.6 Å². The van der Waals surface area contributed by atoms with Crippen LogP contribution in [0.3, 0.4) is 0 Å². The van der Waals surface area contributed by atoms with E-state index in [1.165, 1.54) is 0 Å². The molecule has 0 aromatic heterocycles. The predicted molar refractivity (Wildman–Crippen MR) is 108 cm³/mol. The number of carbonyl (C=O) groups excluding carboxylic acids is 1. The molecule has 4 nitrogen and oxygen atoms in total. The molecule has 0 spiro atoms. The van der Waals surface area contributed by atoms with E-state index in [-0.39, 0.29) is 17.7 Å². The number of likely N-dealkylation sites (tertiary alicyclic amines) is 1. The molecule has 1 aliphatic rings. The minimum absolute atomic E-state index is 0.0111. The number of halogens is 1. The van der Waals surface area contributed by atoms with Gasteiger partial charge in [0.05, 0.1) is 10.6 Å². The molecule has 0 saturated carbocycles. The van der Waals surface area contributed by atoms with E-state index in [0.717, 1.165) is 29.0 Å². The van der Waals surface area contributed by atoms with Crippen LogP contribution in [-0.2, 0) is 21.1 Å². The molecule has 27 heavy (non-hydrogen) atoms. The van der Waals surface area contributed by atoms with Crippen LogP contribution in [0.2, 0.25) is 5.02 Å². The van der Waals surface area contributed by atoms with Gasteiger partial charge in [0, 0.05) is 24.0 Å². The molecule has 6 heteroatoms. The minimum Gasteiger partial charge on any atom is -0.339 e. The van der Waals surface area contributed by atoms with E-state index in [1.807, 2.05) is 25.1 Å². The fourth-order valence-electron chi connectivity index (χ4n) is 3.57. The van der Waals surface area contributed by atoms with Gasteiger partial charge in [-0.05, 0) is 55.5 Å². The highest BCUT2D eigenvalue weighted by Crippen LogP contribution is 2.24. The van der Waals surface area contributed by atoms with E-state index >= 15 is 0 Å². The van der Waals surface area contributed by atoms with E-state index < -0.39 is 9.84 Å². The number of nitrogens with zero attached hydrogens (tertiary/aromatic N) is 1. The summed E-state index contributed by atoms with van der Waals surface area (Å²) in [7, 11) is -3.40. The monoisotopic (exact) mass is 405 g/mol. The highest BCUT2D eigenvalue weighted by Gasteiger charge is 2.32. The molecular formula is C21H24ClNO3S. The van der Waals surface area contributed by atoms with Crippen molar-refractivity contribution in [1.29, 1.82) is 0 Å². The normalized spacial score (nSPS) is 17.3. The van der Waals surface area contributed by atoms with Gasteiger partial charge in [-0.25, -0.2) is 8.42 Å². The maximum Gasteiger partial charge on any atom is 0.223 e. The lowest BCUT2D eigenvalue weighted by Gasteiger charge is -2.25. The summed E-state index contributed by atoms with van der Waals surface area (Å²) >= 11 is 6.05. The van der Waals surface area contributed by atoms with Crippen molar-refractivity contribution < 1.29 is 13.2 Å². The van der Waals surface area contributed by atoms with Crippen molar-refractivity contribution in [3.05, 3.63) is 64.7 Å². The molecule has 0 N–H and O–H groups in total. The lowest BCUT2D eigenvalue weighted by atomic mass is 10.1. The molecule has 144 valence electrons. The maximum absolute atomic E-state index is 12.7. The lowest BCUT2D eigenvalue weighted by Crippen LogP contribution is -2.39. The fraction of sp³-hybridized carbons (Fsp3) is 0.381. The van der Waals surface area contributed by atoms with Gasteiger partial charge >= 0.3 is 0 Å². The van der Waals surface area contributed by atoms with Crippen molar-refractivity contribution in [2.75, 3.05) is 12.3 Å². The van der Waals surface area contributed by atoms with Crippen LogP contribution in [0.1, 0.15) is 30.4 Å². The quantitative estimate of drug-likeness (QED) is 0.728. The molecule has 1 heterocycles. The number of benzene rings is 2. The van der Waals surface area contributed by atoms with Crippen LogP contribution in [0.15, 0.2) is 53.4 Å². The Morgan fingerprint density at radius 3 is 2.63 bits per heavy atom. The molecule has 1 amide bonds. The molecule has 0 bridgehead atoms. The van der Waals surface area contributed by atoms with Gasteiger partial charge in [0.1, 0.15) is 0 Å². The van der Waals surface area contributed by atoms with Crippen LogP contribution >= 0.6 is 11.6 Å². The first-order valence-corrected chi connectivity index (χ1v) is 11.2. The van der Waals surface area contributed by atoms with Gasteiger partial charge in [-0.15, -0.1) is 0 Å². The third kappa shape index (κ3) is 4.90. The summed E-state index contributed by atoms with van der Waals surface area (Å²) in [5.41, 5.74) is 2.06. The highest BCUT2D eigenvalue weighted by atomic mass is 35.5. The number of amides is 1. The van der Waals surface area contributed by atoms with Gasteiger partial charge in [0.25, 0.3) is 0 Å². The van der Waals surface area contributed by atoms with Gasteiger partial charge in [-0.2, -0.15) is 0 Å². The van der Waals surface area contributed by atoms with Gasteiger partial charge < -0.3 is 4.90 Å². The Labute approximate surface area is 166 Å². The first-order chi connectivity index (χ1) is 12.9. The van der Waals surface area contributed by atoms with Crippen molar-refractivity contribution in [3.8, 4) is 0 Å². The molecule has 1 atom stereocenters. The SMILES string of the molecule is Cc1cc(CCC(=O)N2CCCC2CS(=O)(=O)c2ccccc2)ccc1Cl. The van der Waals surface area contributed by atoms with E-state index in [2.05, 4.69) is 0 Å². The van der Waals surface area contributed by atoms with Crippen LogP contribution in [0, 0.1) is 6.92 Å². The number of carbonyl (C=O) groups is 1. The van der Waals surface area contributed by atoms with Crippen molar-refractivity contribution in [2.45, 2.75) is 43.5 Å². The summed E-state index contributed by atoms with van der Waals surface area (Å²) < 4.78 is 25.3. The third-order valence-corrected chi connectivity index (χ3v) is 7.30. The summed E-state index contributed by atoms with van der Waals surface area (Å²) in [6.45, 7) is 2.58. The summed E-state index contributed by atoms with van der Waals surface area (Å²) in [6, 6.07) is 14.0. The second-order valence-electron chi connectivity index (χ2n) is 7.06. The van der Waals surface area contributed by atoms with Crippen molar-refractivity contribution in [1.82, 2.24) is 4.90 Å². The Morgan fingerprint density at radius 1 is 1.19 bits per heavy atom. The first-order valence-electron chi connectivity index (χ1n) is 9.19. The zero-order valence-electron chi connectivity index (χ0n) is 15.4. The number of hydrogen-bond acceptors (Lipinski definition) is 3. The predicted octanol–water partition coefficient (Wildman–Crippen LogP) is 4.05. The lowest BCUT2D eigenvalue weighted by molar-refractivity contribution is -0.131. The zero-order valence-corrected chi connectivity index (χ0v) is 17.0. The van der Waals surface area contributed by atoms with Gasteiger partial charge in [0.2, 0.25) is 5.91 Å². The molecule has 2 aromatic carbocycles. The molecule has 1 unspecified atom stereocenters. The first kappa shape index (κ1) is 19.9.